The van der Waals surface area contributed by atoms with E-state index in [-0.39, 0.29) is 18.0 Å². The molecule has 3 rings (SSSR count). The third-order valence-corrected chi connectivity index (χ3v) is 5.13. The molecule has 3 N–H and O–H groups in total. The summed E-state index contributed by atoms with van der Waals surface area (Å²) in [5.74, 6) is -0.0410. The summed E-state index contributed by atoms with van der Waals surface area (Å²) in [6.07, 6.45) is 2.27. The van der Waals surface area contributed by atoms with Crippen LogP contribution in [0.25, 0.3) is 0 Å². The van der Waals surface area contributed by atoms with Gasteiger partial charge in [-0.15, -0.1) is 10.2 Å². The molecule has 1 fully saturated rings. The van der Waals surface area contributed by atoms with Gasteiger partial charge >= 0.3 is 0 Å². The molecule has 1 unspecified atom stereocenters. The number of nitrogens with one attached hydrogen (secondary N) is 1. The molecule has 1 heterocycles. The highest BCUT2D eigenvalue weighted by atomic mass is 32.2. The Morgan fingerprint density at radius 3 is 2.77 bits per heavy atom. The predicted molar refractivity (Wildman–Crippen MR) is 96.2 cm³/mol. The van der Waals surface area contributed by atoms with Gasteiger partial charge in [-0.2, -0.15) is 0 Å². The minimum absolute atomic E-state index is 0.138. The maximum absolute atomic E-state index is 13.7. The van der Waals surface area contributed by atoms with Gasteiger partial charge in [-0.3, -0.25) is 9.59 Å². The summed E-state index contributed by atoms with van der Waals surface area (Å²) in [6.45, 7) is 2.10. The Hall–Kier alpha value is -2.42. The third-order valence-electron chi connectivity index (χ3n) is 4.05. The van der Waals surface area contributed by atoms with Crippen LogP contribution in [0.5, 0.6) is 0 Å². The lowest BCUT2D eigenvalue weighted by Crippen LogP contribution is -2.23. The molecule has 7 nitrogen and oxygen atoms in total. The zero-order chi connectivity index (χ0) is 18.7. The van der Waals surface area contributed by atoms with Crippen LogP contribution < -0.4 is 11.1 Å². The number of nitrogens with zero attached hydrogens (tertiary/aromatic N) is 3. The molecule has 9 heteroatoms. The number of benzene rings is 1. The van der Waals surface area contributed by atoms with Crippen molar-refractivity contribution in [2.75, 3.05) is 5.32 Å². The van der Waals surface area contributed by atoms with E-state index >= 15 is 0 Å². The number of primary amides is 1. The first-order valence-electron chi connectivity index (χ1n) is 8.39. The van der Waals surface area contributed by atoms with Crippen LogP contribution in [-0.4, -0.2) is 31.8 Å². The smallest absolute Gasteiger partial charge is 0.237 e. The number of carbonyl (C=O) groups is 2. The van der Waals surface area contributed by atoms with Crippen molar-refractivity contribution in [3.63, 3.8) is 0 Å². The fourth-order valence-electron chi connectivity index (χ4n) is 2.47. The van der Waals surface area contributed by atoms with Gasteiger partial charge in [-0.05, 0) is 31.9 Å². The van der Waals surface area contributed by atoms with E-state index in [1.807, 2.05) is 4.57 Å². The second-order valence-corrected chi connectivity index (χ2v) is 7.52. The van der Waals surface area contributed by atoms with Crippen molar-refractivity contribution in [2.24, 2.45) is 5.73 Å². The zero-order valence-electron chi connectivity index (χ0n) is 14.3. The van der Waals surface area contributed by atoms with Crippen LogP contribution in [0, 0.1) is 5.82 Å². The van der Waals surface area contributed by atoms with Crippen molar-refractivity contribution in [3.05, 3.63) is 35.9 Å². The molecular formula is C17H20FN5O2S. The number of aromatic nitrogens is 3. The first-order valence-corrected chi connectivity index (χ1v) is 9.27. The number of amides is 2. The van der Waals surface area contributed by atoms with Crippen LogP contribution in [0.3, 0.4) is 0 Å². The van der Waals surface area contributed by atoms with Gasteiger partial charge < -0.3 is 15.6 Å². The highest BCUT2D eigenvalue weighted by molar-refractivity contribution is 8.00. The van der Waals surface area contributed by atoms with Crippen LogP contribution in [0.4, 0.5) is 10.1 Å². The molecular weight excluding hydrogens is 357 g/mol. The number of thioether (sulfide) groups is 1. The molecule has 0 bridgehead atoms. The van der Waals surface area contributed by atoms with Crippen LogP contribution in [0.2, 0.25) is 0 Å². The summed E-state index contributed by atoms with van der Waals surface area (Å²) in [5.41, 5.74) is 5.39. The van der Waals surface area contributed by atoms with Gasteiger partial charge in [-0.1, -0.05) is 23.9 Å². The Morgan fingerprint density at radius 2 is 2.12 bits per heavy atom. The van der Waals surface area contributed by atoms with Crippen molar-refractivity contribution in [1.82, 2.24) is 14.8 Å². The first-order chi connectivity index (χ1) is 12.5. The van der Waals surface area contributed by atoms with Crippen molar-refractivity contribution in [3.8, 4) is 0 Å². The van der Waals surface area contributed by atoms with Gasteiger partial charge in [0.25, 0.3) is 0 Å². The zero-order valence-corrected chi connectivity index (χ0v) is 15.1. The summed E-state index contributed by atoms with van der Waals surface area (Å²) in [4.78, 5) is 23.5. The van der Waals surface area contributed by atoms with E-state index in [1.165, 1.54) is 23.9 Å². The molecule has 138 valence electrons. The van der Waals surface area contributed by atoms with Crippen LogP contribution in [0.15, 0.2) is 29.4 Å². The topological polar surface area (TPSA) is 103 Å². The number of halogens is 1. The Bertz CT molecular complexity index is 821. The Morgan fingerprint density at radius 1 is 1.38 bits per heavy atom. The molecule has 1 aromatic heterocycles. The molecule has 26 heavy (non-hydrogen) atoms. The molecule has 1 aliphatic rings. The van der Waals surface area contributed by atoms with Crippen LogP contribution in [-0.2, 0) is 16.1 Å². The summed E-state index contributed by atoms with van der Waals surface area (Å²) in [6, 6.07) is 6.00. The normalized spacial score (nSPS) is 14.8. The molecule has 0 radical (unpaired) electrons. The highest BCUT2D eigenvalue weighted by Crippen LogP contribution is 2.40. The van der Waals surface area contributed by atoms with Crippen LogP contribution >= 0.6 is 11.8 Å². The van der Waals surface area contributed by atoms with Crippen molar-refractivity contribution >= 4 is 29.3 Å². The minimum Gasteiger partial charge on any atom is -0.370 e. The summed E-state index contributed by atoms with van der Waals surface area (Å²) < 4.78 is 15.5. The number of rotatable bonds is 8. The largest absolute Gasteiger partial charge is 0.370 e. The minimum atomic E-state index is -0.516. The van der Waals surface area contributed by atoms with Crippen LogP contribution in [0.1, 0.15) is 37.9 Å². The van der Waals surface area contributed by atoms with Crippen molar-refractivity contribution in [1.29, 1.82) is 0 Å². The van der Waals surface area contributed by atoms with Gasteiger partial charge in [0, 0.05) is 18.9 Å². The fourth-order valence-corrected chi connectivity index (χ4v) is 3.35. The number of nitrogens with two attached hydrogens (primary N) is 1. The first kappa shape index (κ1) is 18.4. The fraction of sp³-hybridized carbons (Fsp3) is 0.412. The van der Waals surface area contributed by atoms with E-state index in [0.717, 1.165) is 18.7 Å². The van der Waals surface area contributed by atoms with Gasteiger partial charge in [0.15, 0.2) is 5.16 Å². The maximum Gasteiger partial charge on any atom is 0.237 e. The van der Waals surface area contributed by atoms with E-state index < -0.39 is 17.0 Å². The number of anilines is 1. The quantitative estimate of drug-likeness (QED) is 0.687. The standard InChI is InChI=1S/C17H20FN5O2S/c1-10(16(25)20-13-5-3-2-4-12(13)18)26-17-22-21-15(11-6-7-11)23(17)9-8-14(19)24/h2-5,10-11H,6-9H2,1H3,(H2,19,24)(H,20,25). The lowest BCUT2D eigenvalue weighted by atomic mass is 10.3. The molecule has 1 atom stereocenters. The lowest BCUT2D eigenvalue weighted by Gasteiger charge is -2.13. The number of hydrogen-bond acceptors (Lipinski definition) is 5. The number of carbonyl (C=O) groups excluding carboxylic acids is 2. The van der Waals surface area contributed by atoms with E-state index in [1.54, 1.807) is 19.1 Å². The monoisotopic (exact) mass is 377 g/mol. The Balaban J connectivity index is 1.70. The SMILES string of the molecule is CC(Sc1nnc(C2CC2)n1CCC(N)=O)C(=O)Nc1ccccc1F. The molecule has 2 amide bonds. The maximum atomic E-state index is 13.7. The second-order valence-electron chi connectivity index (χ2n) is 6.21. The predicted octanol–water partition coefficient (Wildman–Crippen LogP) is 2.29. The molecule has 1 saturated carbocycles. The van der Waals surface area contributed by atoms with Crippen molar-refractivity contribution in [2.45, 2.75) is 49.1 Å². The molecule has 0 saturated heterocycles. The third kappa shape index (κ3) is 4.40. The molecule has 1 aromatic carbocycles. The van der Waals surface area contributed by atoms with Gasteiger partial charge in [-0.25, -0.2) is 4.39 Å². The molecule has 0 aliphatic heterocycles. The molecule has 2 aromatic rings. The second kappa shape index (κ2) is 7.86. The molecule has 0 spiro atoms. The van der Waals surface area contributed by atoms with E-state index in [9.17, 15) is 14.0 Å². The number of hydrogen-bond donors (Lipinski definition) is 2. The lowest BCUT2D eigenvalue weighted by molar-refractivity contribution is -0.118. The Kier molecular flexibility index (Phi) is 5.55. The summed E-state index contributed by atoms with van der Waals surface area (Å²) >= 11 is 1.22. The Labute approximate surface area is 154 Å². The summed E-state index contributed by atoms with van der Waals surface area (Å²) in [5, 5.41) is 11.0. The van der Waals surface area contributed by atoms with E-state index in [2.05, 4.69) is 15.5 Å². The van der Waals surface area contributed by atoms with E-state index in [4.69, 9.17) is 5.73 Å². The average molecular weight is 377 g/mol. The number of para-hydroxylation sites is 1. The summed E-state index contributed by atoms with van der Waals surface area (Å²) in [7, 11) is 0. The molecule has 1 aliphatic carbocycles. The average Bonchev–Trinajstić information content (AvgIpc) is 3.37. The van der Waals surface area contributed by atoms with Gasteiger partial charge in [0.2, 0.25) is 11.8 Å². The highest BCUT2D eigenvalue weighted by Gasteiger charge is 2.31. The van der Waals surface area contributed by atoms with Crippen molar-refractivity contribution < 1.29 is 14.0 Å². The van der Waals surface area contributed by atoms with E-state index in [0.29, 0.717) is 17.6 Å². The van der Waals surface area contributed by atoms with Gasteiger partial charge in [0.1, 0.15) is 11.6 Å². The van der Waals surface area contributed by atoms with Gasteiger partial charge in [0.05, 0.1) is 10.9 Å².